The first-order chi connectivity index (χ1) is 25.3. The van der Waals surface area contributed by atoms with Crippen molar-refractivity contribution < 1.29 is 4.42 Å². The number of hydrogen-bond donors (Lipinski definition) is 0. The third-order valence-electron chi connectivity index (χ3n) is 10.2. The second-order valence-corrected chi connectivity index (χ2v) is 14.2. The predicted octanol–water partition coefficient (Wildman–Crippen LogP) is 13.4. The van der Waals surface area contributed by atoms with E-state index in [-0.39, 0.29) is 0 Å². The van der Waals surface area contributed by atoms with Crippen molar-refractivity contribution in [2.24, 2.45) is 0 Å². The maximum Gasteiger partial charge on any atom is 0.136 e. The molecule has 4 heterocycles. The van der Waals surface area contributed by atoms with E-state index in [4.69, 9.17) is 9.40 Å². The van der Waals surface area contributed by atoms with Crippen LogP contribution in [0.15, 0.2) is 174 Å². The zero-order valence-electron chi connectivity index (χ0n) is 27.4. The Hall–Kier alpha value is -6.49. The molecule has 0 N–H and O–H groups in total. The van der Waals surface area contributed by atoms with Gasteiger partial charge in [0.1, 0.15) is 11.2 Å². The Balaban J connectivity index is 1.12. The SMILES string of the molecule is c1ccc(-c2cc(-c3cccc(-n4c5ccccc5c5c6c(ccc54)oc4ccccc46)c3)nc(-c3ccc4sc5ccccc5c4c3)c2)cc1. The van der Waals surface area contributed by atoms with E-state index in [0.717, 1.165) is 66.7 Å². The largest absolute Gasteiger partial charge is 0.456 e. The highest BCUT2D eigenvalue weighted by Crippen LogP contribution is 2.42. The fourth-order valence-corrected chi connectivity index (χ4v) is 8.95. The fraction of sp³-hybridized carbons (Fsp3) is 0. The number of aromatic nitrogens is 2. The van der Waals surface area contributed by atoms with E-state index in [0.29, 0.717) is 0 Å². The lowest BCUT2D eigenvalue weighted by atomic mass is 9.99. The van der Waals surface area contributed by atoms with Crippen LogP contribution in [0.1, 0.15) is 0 Å². The molecule has 4 aromatic heterocycles. The van der Waals surface area contributed by atoms with Crippen LogP contribution in [0.25, 0.3) is 103 Å². The molecule has 7 aromatic carbocycles. The highest BCUT2D eigenvalue weighted by Gasteiger charge is 2.19. The summed E-state index contributed by atoms with van der Waals surface area (Å²) in [6, 6.07) is 60.6. The molecule has 0 spiro atoms. The van der Waals surface area contributed by atoms with Crippen LogP contribution in [-0.4, -0.2) is 9.55 Å². The van der Waals surface area contributed by atoms with Crippen LogP contribution in [0, 0.1) is 0 Å². The molecule has 0 aliphatic heterocycles. The lowest BCUT2D eigenvalue weighted by Crippen LogP contribution is -1.96. The quantitative estimate of drug-likeness (QED) is 0.187. The predicted molar refractivity (Wildman–Crippen MR) is 215 cm³/mol. The molecule has 0 bridgehead atoms. The number of hydrogen-bond acceptors (Lipinski definition) is 3. The zero-order chi connectivity index (χ0) is 33.5. The number of thiophene rings is 1. The van der Waals surface area contributed by atoms with Crippen LogP contribution in [-0.2, 0) is 0 Å². The number of benzene rings is 7. The van der Waals surface area contributed by atoms with Crippen molar-refractivity contribution in [1.82, 2.24) is 9.55 Å². The normalized spacial score (nSPS) is 11.9. The lowest BCUT2D eigenvalue weighted by Gasteiger charge is -2.13. The van der Waals surface area contributed by atoms with Crippen molar-refractivity contribution in [3.05, 3.63) is 170 Å². The Bertz CT molecular complexity index is 3150. The molecule has 0 atom stereocenters. The minimum absolute atomic E-state index is 0.906. The second-order valence-electron chi connectivity index (χ2n) is 13.1. The number of nitrogens with zero attached hydrogens (tertiary/aromatic N) is 2. The van der Waals surface area contributed by atoms with Crippen LogP contribution < -0.4 is 0 Å². The summed E-state index contributed by atoms with van der Waals surface area (Å²) in [5.41, 5.74) is 11.6. The van der Waals surface area contributed by atoms with E-state index in [1.807, 2.05) is 17.4 Å². The zero-order valence-corrected chi connectivity index (χ0v) is 28.2. The monoisotopic (exact) mass is 668 g/mol. The van der Waals surface area contributed by atoms with Crippen molar-refractivity contribution >= 4 is 75.3 Å². The van der Waals surface area contributed by atoms with Crippen molar-refractivity contribution in [3.8, 4) is 39.3 Å². The molecule has 238 valence electrons. The minimum atomic E-state index is 0.906. The van der Waals surface area contributed by atoms with Crippen LogP contribution in [0.2, 0.25) is 0 Å². The first-order valence-electron chi connectivity index (χ1n) is 17.2. The summed E-state index contributed by atoms with van der Waals surface area (Å²) >= 11 is 1.84. The maximum absolute atomic E-state index is 6.32. The highest BCUT2D eigenvalue weighted by molar-refractivity contribution is 7.25. The van der Waals surface area contributed by atoms with E-state index in [9.17, 15) is 0 Å². The summed E-state index contributed by atoms with van der Waals surface area (Å²) in [4.78, 5) is 5.37. The van der Waals surface area contributed by atoms with Crippen molar-refractivity contribution in [3.63, 3.8) is 0 Å². The summed E-state index contributed by atoms with van der Waals surface area (Å²) < 4.78 is 11.3. The van der Waals surface area contributed by atoms with Gasteiger partial charge in [0.2, 0.25) is 0 Å². The van der Waals surface area contributed by atoms with E-state index >= 15 is 0 Å². The maximum atomic E-state index is 6.32. The van der Waals surface area contributed by atoms with Gasteiger partial charge in [-0.3, -0.25) is 0 Å². The molecule has 0 amide bonds. The average molecular weight is 669 g/mol. The smallest absolute Gasteiger partial charge is 0.136 e. The van der Waals surface area contributed by atoms with Crippen LogP contribution in [0.3, 0.4) is 0 Å². The molecule has 0 unspecified atom stereocenters. The molecule has 0 saturated carbocycles. The topological polar surface area (TPSA) is 31.0 Å². The molecular weight excluding hydrogens is 641 g/mol. The van der Waals surface area contributed by atoms with Crippen molar-refractivity contribution in [1.29, 1.82) is 0 Å². The minimum Gasteiger partial charge on any atom is -0.456 e. The first-order valence-corrected chi connectivity index (χ1v) is 18.0. The Morgan fingerprint density at radius 1 is 0.412 bits per heavy atom. The van der Waals surface area contributed by atoms with Gasteiger partial charge in [-0.1, -0.05) is 103 Å². The first kappa shape index (κ1) is 28.4. The third-order valence-corrected chi connectivity index (χ3v) is 11.3. The number of para-hydroxylation sites is 2. The molecule has 51 heavy (non-hydrogen) atoms. The summed E-state index contributed by atoms with van der Waals surface area (Å²) in [6.07, 6.45) is 0. The van der Waals surface area contributed by atoms with Gasteiger partial charge in [-0.25, -0.2) is 4.98 Å². The number of fused-ring (bicyclic) bond motifs is 10. The van der Waals surface area contributed by atoms with Gasteiger partial charge in [-0.05, 0) is 77.9 Å². The summed E-state index contributed by atoms with van der Waals surface area (Å²) in [5.74, 6) is 0. The van der Waals surface area contributed by atoms with Gasteiger partial charge in [0.15, 0.2) is 0 Å². The second kappa shape index (κ2) is 11.0. The summed E-state index contributed by atoms with van der Waals surface area (Å²) in [7, 11) is 0. The molecule has 0 fully saturated rings. The third kappa shape index (κ3) is 4.40. The van der Waals surface area contributed by atoms with Gasteiger partial charge in [0, 0.05) is 58.5 Å². The van der Waals surface area contributed by atoms with Gasteiger partial charge in [0.05, 0.1) is 22.4 Å². The summed E-state index contributed by atoms with van der Waals surface area (Å²) in [5, 5.41) is 7.27. The van der Waals surface area contributed by atoms with E-state index in [1.54, 1.807) is 0 Å². The molecule has 3 nitrogen and oxygen atoms in total. The molecule has 0 radical (unpaired) electrons. The summed E-state index contributed by atoms with van der Waals surface area (Å²) in [6.45, 7) is 0. The van der Waals surface area contributed by atoms with Crippen molar-refractivity contribution in [2.45, 2.75) is 0 Å². The number of rotatable bonds is 4. The Labute approximate surface area is 297 Å². The van der Waals surface area contributed by atoms with E-state index in [1.165, 1.54) is 36.5 Å². The molecule has 11 rings (SSSR count). The molecule has 0 aliphatic carbocycles. The molecule has 4 heteroatoms. The van der Waals surface area contributed by atoms with Crippen molar-refractivity contribution in [2.75, 3.05) is 0 Å². The van der Waals surface area contributed by atoms with Gasteiger partial charge in [0.25, 0.3) is 0 Å². The Kier molecular flexibility index (Phi) is 6.12. The standard InChI is InChI=1S/C47H28N2OS/c1-2-11-29(12-3-1)32-27-38(48-39(28-32)31-21-24-45-37(26-31)34-15-6-9-20-44(34)51-45)30-13-10-14-33(25-30)49-40-18-7-4-16-35(40)46-41(49)22-23-43-47(46)36-17-5-8-19-42(36)50-43/h1-28H. The number of pyridine rings is 1. The van der Waals surface area contributed by atoms with Gasteiger partial charge in [-0.2, -0.15) is 0 Å². The van der Waals surface area contributed by atoms with Gasteiger partial charge < -0.3 is 8.98 Å². The fourth-order valence-electron chi connectivity index (χ4n) is 7.87. The highest BCUT2D eigenvalue weighted by atomic mass is 32.1. The van der Waals surface area contributed by atoms with E-state index < -0.39 is 0 Å². The molecule has 11 aromatic rings. The number of furan rings is 1. The van der Waals surface area contributed by atoms with Crippen LogP contribution in [0.5, 0.6) is 0 Å². The Morgan fingerprint density at radius 2 is 1.12 bits per heavy atom. The van der Waals surface area contributed by atoms with Crippen LogP contribution >= 0.6 is 11.3 Å². The van der Waals surface area contributed by atoms with E-state index in [2.05, 4.69) is 168 Å². The molecular formula is C47H28N2OS. The van der Waals surface area contributed by atoms with Gasteiger partial charge >= 0.3 is 0 Å². The Morgan fingerprint density at radius 3 is 2.00 bits per heavy atom. The average Bonchev–Trinajstić information content (AvgIpc) is 3.87. The molecule has 0 aliphatic rings. The van der Waals surface area contributed by atoms with Gasteiger partial charge in [-0.15, -0.1) is 11.3 Å². The van der Waals surface area contributed by atoms with Crippen LogP contribution in [0.4, 0.5) is 0 Å². The molecule has 0 saturated heterocycles. The lowest BCUT2D eigenvalue weighted by molar-refractivity contribution is 0.669.